The van der Waals surface area contributed by atoms with Crippen molar-refractivity contribution < 1.29 is 5.11 Å². The highest BCUT2D eigenvalue weighted by molar-refractivity contribution is 9.10. The molecule has 0 unspecified atom stereocenters. The number of aromatic hydroxyl groups is 1. The highest BCUT2D eigenvalue weighted by atomic mass is 79.9. The number of hydrogen-bond acceptors (Lipinski definition) is 4. The molecule has 0 spiro atoms. The molecule has 0 radical (unpaired) electrons. The Morgan fingerprint density at radius 1 is 1.00 bits per heavy atom. The van der Waals surface area contributed by atoms with Crippen molar-refractivity contribution in [3.8, 4) is 17.0 Å². The monoisotopic (exact) mass is 422 g/mol. The Morgan fingerprint density at radius 3 is 2.59 bits per heavy atom. The minimum absolute atomic E-state index is 0.170. The molecule has 0 aliphatic carbocycles. The molecule has 0 fully saturated rings. The maximum Gasteiger partial charge on any atom is 0.236 e. The Kier molecular flexibility index (Phi) is 4.36. The van der Waals surface area contributed by atoms with Gasteiger partial charge in [0, 0.05) is 27.1 Å². The highest BCUT2D eigenvalue weighted by Gasteiger charge is 2.20. The number of halogens is 1. The van der Waals surface area contributed by atoms with Gasteiger partial charge in [0.05, 0.1) is 0 Å². The van der Waals surface area contributed by atoms with Crippen molar-refractivity contribution >= 4 is 33.2 Å². The van der Waals surface area contributed by atoms with Gasteiger partial charge in [0.2, 0.25) is 5.78 Å². The molecule has 0 saturated heterocycles. The normalized spacial score (nSPS) is 11.1. The number of hydrogen-bond donors (Lipinski definition) is 2. The fourth-order valence-corrected chi connectivity index (χ4v) is 3.60. The molecule has 6 heteroatoms. The summed E-state index contributed by atoms with van der Waals surface area (Å²) >= 11 is 3.48. The Labute approximate surface area is 165 Å². The second-order valence-electron chi connectivity index (χ2n) is 6.64. The Balaban J connectivity index is 2.00. The van der Waals surface area contributed by atoms with Crippen molar-refractivity contribution in [2.24, 2.45) is 0 Å². The number of fused-ring (bicyclic) bond motifs is 1. The van der Waals surface area contributed by atoms with Crippen LogP contribution >= 0.6 is 15.9 Å². The average molecular weight is 423 g/mol. The summed E-state index contributed by atoms with van der Waals surface area (Å²) in [5, 5.41) is 13.9. The number of aryl methyl sites for hydroxylation is 3. The van der Waals surface area contributed by atoms with Gasteiger partial charge in [-0.05, 0) is 62.7 Å². The standard InChI is InChI=1S/C21H19BrN4O/c1-12-5-4-6-16(9-12)24-20-19(17-11-15(22)7-8-18(17)27)25-21-23-13(2)10-14(3)26(20)21/h4-11,24,27H,1-3H3. The maximum atomic E-state index is 10.5. The molecule has 0 aliphatic heterocycles. The molecule has 2 heterocycles. The summed E-state index contributed by atoms with van der Waals surface area (Å²) in [6.07, 6.45) is 0. The summed E-state index contributed by atoms with van der Waals surface area (Å²) in [6.45, 7) is 6.03. The molecular weight excluding hydrogens is 404 g/mol. The Bertz CT molecular complexity index is 1170. The highest BCUT2D eigenvalue weighted by Crippen LogP contribution is 2.38. The molecule has 0 amide bonds. The molecule has 2 N–H and O–H groups in total. The summed E-state index contributed by atoms with van der Waals surface area (Å²) in [5.41, 5.74) is 5.32. The van der Waals surface area contributed by atoms with Crippen LogP contribution in [0, 0.1) is 20.8 Å². The maximum absolute atomic E-state index is 10.5. The summed E-state index contributed by atoms with van der Waals surface area (Å²) < 4.78 is 2.85. The number of phenolic OH excluding ortho intramolecular Hbond substituents is 1. The second-order valence-corrected chi connectivity index (χ2v) is 7.55. The van der Waals surface area contributed by atoms with Crippen LogP contribution in [0.1, 0.15) is 17.0 Å². The van der Waals surface area contributed by atoms with E-state index < -0.39 is 0 Å². The fourth-order valence-electron chi connectivity index (χ4n) is 3.24. The van der Waals surface area contributed by atoms with Gasteiger partial charge in [0.25, 0.3) is 0 Å². The zero-order valence-electron chi connectivity index (χ0n) is 15.3. The lowest BCUT2D eigenvalue weighted by Crippen LogP contribution is -2.01. The van der Waals surface area contributed by atoms with E-state index in [1.165, 1.54) is 0 Å². The van der Waals surface area contributed by atoms with Gasteiger partial charge < -0.3 is 10.4 Å². The van der Waals surface area contributed by atoms with Crippen LogP contribution in [0.15, 0.2) is 53.0 Å². The molecule has 136 valence electrons. The van der Waals surface area contributed by atoms with Gasteiger partial charge in [0.15, 0.2) is 0 Å². The van der Waals surface area contributed by atoms with E-state index in [4.69, 9.17) is 4.98 Å². The summed E-state index contributed by atoms with van der Waals surface area (Å²) in [4.78, 5) is 9.31. The van der Waals surface area contributed by atoms with Crippen molar-refractivity contribution in [1.82, 2.24) is 14.4 Å². The Morgan fingerprint density at radius 2 is 1.81 bits per heavy atom. The fraction of sp³-hybridized carbons (Fsp3) is 0.143. The number of nitrogens with zero attached hydrogens (tertiary/aromatic N) is 3. The van der Waals surface area contributed by atoms with E-state index in [1.54, 1.807) is 12.1 Å². The van der Waals surface area contributed by atoms with Gasteiger partial charge in [-0.3, -0.25) is 4.40 Å². The molecule has 2 aromatic heterocycles. The lowest BCUT2D eigenvalue weighted by Gasteiger charge is -2.12. The first kappa shape index (κ1) is 17.5. The number of phenols is 1. The van der Waals surface area contributed by atoms with Crippen LogP contribution in [0.25, 0.3) is 17.0 Å². The van der Waals surface area contributed by atoms with Crippen LogP contribution in [-0.4, -0.2) is 19.5 Å². The van der Waals surface area contributed by atoms with Crippen LogP contribution in [0.3, 0.4) is 0 Å². The number of aromatic nitrogens is 3. The first-order valence-corrected chi connectivity index (χ1v) is 9.41. The predicted molar refractivity (Wildman–Crippen MR) is 112 cm³/mol. The molecule has 0 bridgehead atoms. The minimum atomic E-state index is 0.170. The van der Waals surface area contributed by atoms with Gasteiger partial charge >= 0.3 is 0 Å². The molecule has 2 aromatic carbocycles. The first-order valence-electron chi connectivity index (χ1n) is 8.61. The minimum Gasteiger partial charge on any atom is -0.507 e. The number of nitrogens with one attached hydrogen (secondary N) is 1. The van der Waals surface area contributed by atoms with E-state index in [2.05, 4.69) is 45.3 Å². The van der Waals surface area contributed by atoms with Crippen LogP contribution in [-0.2, 0) is 0 Å². The quantitative estimate of drug-likeness (QED) is 0.455. The largest absolute Gasteiger partial charge is 0.507 e. The number of anilines is 2. The van der Waals surface area contributed by atoms with Crippen LogP contribution in [0.5, 0.6) is 5.75 Å². The van der Waals surface area contributed by atoms with E-state index in [0.29, 0.717) is 17.0 Å². The van der Waals surface area contributed by atoms with Crippen molar-refractivity contribution in [1.29, 1.82) is 0 Å². The molecule has 27 heavy (non-hydrogen) atoms. The summed E-state index contributed by atoms with van der Waals surface area (Å²) in [7, 11) is 0. The van der Waals surface area contributed by atoms with Crippen LogP contribution in [0.4, 0.5) is 11.5 Å². The summed E-state index contributed by atoms with van der Waals surface area (Å²) in [5.74, 6) is 1.54. The molecule has 0 atom stereocenters. The third kappa shape index (κ3) is 3.28. The van der Waals surface area contributed by atoms with Crippen LogP contribution in [0.2, 0.25) is 0 Å². The van der Waals surface area contributed by atoms with E-state index in [9.17, 15) is 5.11 Å². The average Bonchev–Trinajstić information content (AvgIpc) is 2.95. The van der Waals surface area contributed by atoms with Crippen molar-refractivity contribution in [3.05, 3.63) is 70.0 Å². The SMILES string of the molecule is Cc1cccc(Nc2c(-c3cc(Br)ccc3O)nc3nc(C)cc(C)n23)c1. The Hall–Kier alpha value is -2.86. The zero-order chi connectivity index (χ0) is 19.1. The molecule has 0 saturated carbocycles. The third-order valence-electron chi connectivity index (χ3n) is 4.40. The van der Waals surface area contributed by atoms with Gasteiger partial charge in [0.1, 0.15) is 17.3 Å². The van der Waals surface area contributed by atoms with E-state index >= 15 is 0 Å². The molecule has 5 nitrogen and oxygen atoms in total. The lowest BCUT2D eigenvalue weighted by atomic mass is 10.1. The topological polar surface area (TPSA) is 62.5 Å². The van der Waals surface area contributed by atoms with Crippen LogP contribution < -0.4 is 5.32 Å². The number of rotatable bonds is 3. The predicted octanol–water partition coefficient (Wildman–Crippen LogP) is 5.53. The molecular formula is C21H19BrN4O. The smallest absolute Gasteiger partial charge is 0.236 e. The van der Waals surface area contributed by atoms with Gasteiger partial charge in [-0.25, -0.2) is 9.97 Å². The summed E-state index contributed by atoms with van der Waals surface area (Å²) in [6, 6.07) is 15.5. The van der Waals surface area contributed by atoms with E-state index in [1.807, 2.05) is 42.5 Å². The van der Waals surface area contributed by atoms with Gasteiger partial charge in [-0.1, -0.05) is 28.1 Å². The zero-order valence-corrected chi connectivity index (χ0v) is 16.9. The molecule has 4 aromatic rings. The third-order valence-corrected chi connectivity index (χ3v) is 4.89. The van der Waals surface area contributed by atoms with E-state index in [-0.39, 0.29) is 5.75 Å². The second kappa shape index (κ2) is 6.70. The van der Waals surface area contributed by atoms with Gasteiger partial charge in [-0.2, -0.15) is 0 Å². The van der Waals surface area contributed by atoms with Crippen molar-refractivity contribution in [2.45, 2.75) is 20.8 Å². The van der Waals surface area contributed by atoms with Crippen molar-refractivity contribution in [3.63, 3.8) is 0 Å². The number of benzene rings is 2. The lowest BCUT2D eigenvalue weighted by molar-refractivity contribution is 0.477. The van der Waals surface area contributed by atoms with Crippen molar-refractivity contribution in [2.75, 3.05) is 5.32 Å². The number of imidazole rings is 1. The first-order chi connectivity index (χ1) is 12.9. The van der Waals surface area contributed by atoms with E-state index in [0.717, 1.165) is 32.9 Å². The van der Waals surface area contributed by atoms with Gasteiger partial charge in [-0.15, -0.1) is 0 Å². The molecule has 0 aliphatic rings. The molecule has 4 rings (SSSR count).